The molecule has 3 aromatic rings. The lowest BCUT2D eigenvalue weighted by Gasteiger charge is -2.35. The third-order valence-corrected chi connectivity index (χ3v) is 9.32. The van der Waals surface area contributed by atoms with Crippen LogP contribution < -0.4 is 4.90 Å². The van der Waals surface area contributed by atoms with E-state index < -0.39 is 0 Å². The first-order valence-corrected chi connectivity index (χ1v) is 15.9. The minimum absolute atomic E-state index is 0.00682. The summed E-state index contributed by atoms with van der Waals surface area (Å²) in [6.45, 7) is 8.57. The molecular weight excluding hydrogens is 534 g/mol. The van der Waals surface area contributed by atoms with Gasteiger partial charge in [0.1, 0.15) is 5.69 Å². The Kier molecular flexibility index (Phi) is 8.82. The summed E-state index contributed by atoms with van der Waals surface area (Å²) in [5.74, 6) is 0.0762. The molecule has 0 saturated carbocycles. The third-order valence-electron chi connectivity index (χ3n) is 9.32. The molecule has 0 radical (unpaired) electrons. The van der Waals surface area contributed by atoms with E-state index in [2.05, 4.69) is 59.7 Å². The number of anilines is 1. The van der Waals surface area contributed by atoms with Crippen molar-refractivity contribution in [3.05, 3.63) is 94.3 Å². The fourth-order valence-corrected chi connectivity index (χ4v) is 6.87. The highest BCUT2D eigenvalue weighted by Gasteiger charge is 2.30. The first kappa shape index (κ1) is 29.4. The van der Waals surface area contributed by atoms with E-state index in [0.717, 1.165) is 81.0 Å². The number of nitrogens with zero attached hydrogens (tertiary/aromatic N) is 5. The second kappa shape index (κ2) is 12.9. The molecule has 0 unspecified atom stereocenters. The maximum absolute atomic E-state index is 14.1. The maximum Gasteiger partial charge on any atom is 0.270 e. The third kappa shape index (κ3) is 6.34. The smallest absolute Gasteiger partial charge is 0.270 e. The van der Waals surface area contributed by atoms with E-state index >= 15 is 0 Å². The highest BCUT2D eigenvalue weighted by atomic mass is 16.2. The highest BCUT2D eigenvalue weighted by molar-refractivity contribution is 6.07. The molecule has 0 atom stereocenters. The average molecular weight is 580 g/mol. The van der Waals surface area contributed by atoms with Crippen molar-refractivity contribution in [1.82, 2.24) is 19.3 Å². The van der Waals surface area contributed by atoms with Gasteiger partial charge in [-0.25, -0.2) is 0 Å². The van der Waals surface area contributed by atoms with Crippen molar-refractivity contribution < 1.29 is 9.59 Å². The van der Waals surface area contributed by atoms with Gasteiger partial charge < -0.3 is 19.3 Å². The van der Waals surface area contributed by atoms with Gasteiger partial charge in [0.05, 0.1) is 13.1 Å². The van der Waals surface area contributed by atoms with E-state index in [1.165, 1.54) is 24.0 Å². The van der Waals surface area contributed by atoms with Gasteiger partial charge in [-0.15, -0.1) is 0 Å². The average Bonchev–Trinajstić information content (AvgIpc) is 3.33. The maximum atomic E-state index is 14.1. The molecule has 0 bridgehead atoms. The molecule has 3 heterocycles. The summed E-state index contributed by atoms with van der Waals surface area (Å²) in [5.41, 5.74) is 8.17. The number of aromatic nitrogens is 1. The fraction of sp³-hybridized carbons (Fsp3) is 0.444. The summed E-state index contributed by atoms with van der Waals surface area (Å²) >= 11 is 0. The van der Waals surface area contributed by atoms with Gasteiger partial charge >= 0.3 is 0 Å². The Balaban J connectivity index is 1.21. The largest absolute Gasteiger partial charge is 0.335 e. The van der Waals surface area contributed by atoms with Crippen LogP contribution in [0.1, 0.15) is 75.3 Å². The van der Waals surface area contributed by atoms with Crippen LogP contribution in [-0.4, -0.2) is 84.4 Å². The van der Waals surface area contributed by atoms with E-state index in [0.29, 0.717) is 24.3 Å². The van der Waals surface area contributed by atoms with E-state index in [-0.39, 0.29) is 11.8 Å². The van der Waals surface area contributed by atoms with Gasteiger partial charge in [0, 0.05) is 43.1 Å². The number of carbonyl (C=O) groups excluding carboxylic acids is 2. The van der Waals surface area contributed by atoms with Crippen LogP contribution in [0.25, 0.3) is 5.57 Å². The molecule has 7 nitrogen and oxygen atoms in total. The number of allylic oxidation sites excluding steroid dienone is 2. The Hall–Kier alpha value is -3.68. The molecule has 6 rings (SSSR count). The Bertz CT molecular complexity index is 1510. The first-order valence-electron chi connectivity index (χ1n) is 15.9. The molecule has 7 heteroatoms. The van der Waals surface area contributed by atoms with E-state index in [1.54, 1.807) is 0 Å². The molecule has 1 fully saturated rings. The highest BCUT2D eigenvalue weighted by Crippen LogP contribution is 2.33. The minimum atomic E-state index is -0.00682. The van der Waals surface area contributed by atoms with Gasteiger partial charge in [0.25, 0.3) is 11.8 Å². The van der Waals surface area contributed by atoms with Crippen molar-refractivity contribution in [2.75, 3.05) is 58.3 Å². The number of carbonyl (C=O) groups is 2. The minimum Gasteiger partial charge on any atom is -0.335 e. The van der Waals surface area contributed by atoms with Gasteiger partial charge in [0.2, 0.25) is 0 Å². The van der Waals surface area contributed by atoms with Crippen molar-refractivity contribution in [3.8, 4) is 0 Å². The Labute approximate surface area is 256 Å². The van der Waals surface area contributed by atoms with Crippen LogP contribution >= 0.6 is 0 Å². The Morgan fingerprint density at radius 1 is 0.884 bits per heavy atom. The lowest BCUT2D eigenvalue weighted by atomic mass is 9.90. The number of benzene rings is 2. The summed E-state index contributed by atoms with van der Waals surface area (Å²) < 4.78 is 2.13. The Morgan fingerprint density at radius 2 is 1.70 bits per heavy atom. The first-order chi connectivity index (χ1) is 20.9. The molecule has 2 aliphatic heterocycles. The molecule has 1 aromatic heterocycles. The van der Waals surface area contributed by atoms with Gasteiger partial charge in [-0.2, -0.15) is 0 Å². The zero-order chi connectivity index (χ0) is 29.9. The SMILES string of the molecule is Cc1cc(C(=O)N2Cc3ccc(C(=O)N4CCN(CCCN(C)C)CC4)n3Cc3ccccc32)ccc1C1=CCCCC1. The van der Waals surface area contributed by atoms with Crippen molar-refractivity contribution in [2.24, 2.45) is 0 Å². The zero-order valence-corrected chi connectivity index (χ0v) is 26.0. The zero-order valence-electron chi connectivity index (χ0n) is 26.0. The predicted octanol–water partition coefficient (Wildman–Crippen LogP) is 5.67. The molecular formula is C36H45N5O2. The fourth-order valence-electron chi connectivity index (χ4n) is 6.87. The molecule has 2 aromatic carbocycles. The van der Waals surface area contributed by atoms with Gasteiger partial charge in [-0.1, -0.05) is 30.3 Å². The van der Waals surface area contributed by atoms with Crippen molar-refractivity contribution in [3.63, 3.8) is 0 Å². The summed E-state index contributed by atoms with van der Waals surface area (Å²) in [4.78, 5) is 36.5. The second-order valence-corrected chi connectivity index (χ2v) is 12.6. The number of hydrogen-bond donors (Lipinski definition) is 0. The molecule has 0 spiro atoms. The van der Waals surface area contributed by atoms with Gasteiger partial charge in [0.15, 0.2) is 0 Å². The summed E-state index contributed by atoms with van der Waals surface area (Å²) in [6.07, 6.45) is 8.24. The van der Waals surface area contributed by atoms with Crippen molar-refractivity contribution >= 4 is 23.1 Å². The second-order valence-electron chi connectivity index (χ2n) is 12.6. The summed E-state index contributed by atoms with van der Waals surface area (Å²) in [7, 11) is 4.22. The van der Waals surface area contributed by atoms with E-state index in [4.69, 9.17) is 0 Å². The number of hydrogen-bond acceptors (Lipinski definition) is 4. The van der Waals surface area contributed by atoms with E-state index in [1.807, 2.05) is 46.2 Å². The quantitative estimate of drug-likeness (QED) is 0.362. The van der Waals surface area contributed by atoms with Gasteiger partial charge in [-0.05, 0) is 119 Å². The molecule has 0 N–H and O–H groups in total. The lowest BCUT2D eigenvalue weighted by molar-refractivity contribution is 0.0623. The predicted molar refractivity (Wildman–Crippen MR) is 174 cm³/mol. The number of para-hydroxylation sites is 1. The molecule has 226 valence electrons. The number of amides is 2. The van der Waals surface area contributed by atoms with Crippen LogP contribution in [-0.2, 0) is 13.1 Å². The van der Waals surface area contributed by atoms with Crippen LogP contribution in [0.5, 0.6) is 0 Å². The monoisotopic (exact) mass is 579 g/mol. The molecule has 2 amide bonds. The lowest BCUT2D eigenvalue weighted by Crippen LogP contribution is -2.49. The Morgan fingerprint density at radius 3 is 2.44 bits per heavy atom. The molecule has 1 saturated heterocycles. The van der Waals surface area contributed by atoms with Crippen LogP contribution in [0.4, 0.5) is 5.69 Å². The topological polar surface area (TPSA) is 52.0 Å². The number of aryl methyl sites for hydroxylation is 1. The number of fused-ring (bicyclic) bond motifs is 2. The van der Waals surface area contributed by atoms with Crippen molar-refractivity contribution in [1.29, 1.82) is 0 Å². The summed E-state index contributed by atoms with van der Waals surface area (Å²) in [6, 6.07) is 18.3. The molecule has 43 heavy (non-hydrogen) atoms. The molecule has 3 aliphatic rings. The van der Waals surface area contributed by atoms with Gasteiger partial charge in [-0.3, -0.25) is 14.5 Å². The standard InChI is InChI=1S/C36H45N5O2/c1-27-24-29(14-16-32(27)28-10-5-4-6-11-28)35(42)41-26-31-15-17-34(40(31)25-30-12-7-8-13-33(30)41)36(43)39-22-20-38(21-23-39)19-9-18-37(2)3/h7-8,10,12-17,24H,4-6,9,11,18-23,25-26H2,1-3H3. The van der Waals surface area contributed by atoms with Crippen LogP contribution in [0.2, 0.25) is 0 Å². The number of rotatable bonds is 7. The summed E-state index contributed by atoms with van der Waals surface area (Å²) in [5, 5.41) is 0. The van der Waals surface area contributed by atoms with Crippen LogP contribution in [0.3, 0.4) is 0 Å². The normalized spacial score (nSPS) is 17.3. The number of piperazine rings is 1. The molecule has 1 aliphatic carbocycles. The van der Waals surface area contributed by atoms with E-state index in [9.17, 15) is 9.59 Å². The van der Waals surface area contributed by atoms with Crippen LogP contribution in [0.15, 0.2) is 60.7 Å². The van der Waals surface area contributed by atoms with Crippen molar-refractivity contribution in [2.45, 2.75) is 52.1 Å². The van der Waals surface area contributed by atoms with Crippen LogP contribution in [0, 0.1) is 6.92 Å².